The lowest BCUT2D eigenvalue weighted by Gasteiger charge is -2.11. The van der Waals surface area contributed by atoms with E-state index in [1.54, 1.807) is 43.0 Å². The molecule has 644 valence electrons. The van der Waals surface area contributed by atoms with Gasteiger partial charge in [-0.15, -0.1) is 0 Å². The maximum absolute atomic E-state index is 11.1. The number of benzene rings is 8. The van der Waals surface area contributed by atoms with Gasteiger partial charge in [0.1, 0.15) is 41.2 Å². The third-order valence-electron chi connectivity index (χ3n) is 19.9. The zero-order valence-corrected chi connectivity index (χ0v) is 77.1. The van der Waals surface area contributed by atoms with Crippen molar-refractivity contribution < 1.29 is 85.6 Å². The lowest BCUT2D eigenvalue weighted by atomic mass is 10.2. The van der Waals surface area contributed by atoms with Gasteiger partial charge in [0.05, 0.1) is 101 Å². The Morgan fingerprint density at radius 3 is 1.12 bits per heavy atom. The van der Waals surface area contributed by atoms with Gasteiger partial charge in [0.2, 0.25) is 6.33 Å². The Morgan fingerprint density at radius 1 is 0.455 bits per heavy atom. The van der Waals surface area contributed by atoms with E-state index in [-0.39, 0.29) is 51.6 Å². The number of nitrogens with zero attached hydrogens (tertiary/aromatic N) is 17. The summed E-state index contributed by atoms with van der Waals surface area (Å²) in [5.74, 6) is 3.36. The molecular formula is C91H114Br2Cl2N18O6S2. The zero-order chi connectivity index (χ0) is 84.1. The SMILES string of the molecule is CN(/N=C/c1n(CCCCCCBr)c2ccccc2[n+]1C)c1ccccc1.CN(/N=C/c1n(CCCCCCn2cc[n+](C)c2)c2ccccc2[n+]1C)c1ccccc1.CN(/N=C/c1n(CCCCCCn2ccnc2)c2ccccc2[n+]1C)c1ccccc1.COS(=O)(=O)c1ccc(C)cc1.Cc1ccc(S(=O)(=O)[O-])cc1.[Br-].[Cl-].[Cl-].c1c[nH]cn1. The molecule has 24 nitrogen and oxygen atoms in total. The molecule has 0 fully saturated rings. The summed E-state index contributed by atoms with van der Waals surface area (Å²) in [4.78, 5) is 10.5. The average molecular weight is 1850 g/mol. The van der Waals surface area contributed by atoms with Crippen LogP contribution >= 0.6 is 15.9 Å². The van der Waals surface area contributed by atoms with Crippen molar-refractivity contribution in [2.24, 2.45) is 43.5 Å². The second-order valence-electron chi connectivity index (χ2n) is 28.5. The van der Waals surface area contributed by atoms with E-state index in [1.807, 2.05) is 142 Å². The first-order valence-electron chi connectivity index (χ1n) is 39.9. The minimum Gasteiger partial charge on any atom is -1.00 e. The second kappa shape index (κ2) is 52.0. The number of aryl methyl sites for hydroxylation is 11. The van der Waals surface area contributed by atoms with Crippen molar-refractivity contribution in [2.75, 3.05) is 48.6 Å². The van der Waals surface area contributed by atoms with Gasteiger partial charge >= 0.3 is 17.5 Å². The molecule has 14 aromatic rings. The second-order valence-corrected chi connectivity index (χ2v) is 32.4. The van der Waals surface area contributed by atoms with Gasteiger partial charge in [-0.3, -0.25) is 19.2 Å². The van der Waals surface area contributed by atoms with Gasteiger partial charge in [-0.05, 0) is 175 Å². The zero-order valence-electron chi connectivity index (χ0n) is 70.7. The highest BCUT2D eigenvalue weighted by molar-refractivity contribution is 9.09. The topological polar surface area (TPSA) is 229 Å². The number of aromatic amines is 1. The van der Waals surface area contributed by atoms with E-state index in [9.17, 15) is 21.4 Å². The van der Waals surface area contributed by atoms with Crippen molar-refractivity contribution in [3.63, 3.8) is 0 Å². The van der Waals surface area contributed by atoms with E-state index in [2.05, 4.69) is 232 Å². The minimum absolute atomic E-state index is 0. The first kappa shape index (κ1) is 99.4. The number of halogens is 4. The van der Waals surface area contributed by atoms with Crippen LogP contribution in [-0.2, 0) is 85.3 Å². The van der Waals surface area contributed by atoms with Gasteiger partial charge in [0.25, 0.3) is 10.1 Å². The van der Waals surface area contributed by atoms with Gasteiger partial charge in [-0.1, -0.05) is 155 Å². The van der Waals surface area contributed by atoms with E-state index in [0.29, 0.717) is 0 Å². The molecule has 0 atom stereocenters. The molecule has 30 heteroatoms. The molecule has 0 aliphatic rings. The molecule has 6 heterocycles. The highest BCUT2D eigenvalue weighted by atomic mass is 79.9. The summed E-state index contributed by atoms with van der Waals surface area (Å²) < 4.78 is 78.1. The average Bonchev–Trinajstić information content (AvgIpc) is 1.64. The first-order valence-corrected chi connectivity index (χ1v) is 43.8. The molecule has 0 aliphatic heterocycles. The van der Waals surface area contributed by atoms with Gasteiger partial charge in [-0.2, -0.15) is 23.7 Å². The first-order chi connectivity index (χ1) is 57.1. The smallest absolute Gasteiger partial charge is 0.302 e. The Bertz CT molecular complexity index is 5610. The largest absolute Gasteiger partial charge is 1.00 e. The number of fused-ring (bicyclic) bond motifs is 3. The lowest BCUT2D eigenvalue weighted by molar-refractivity contribution is -0.671. The predicted molar refractivity (Wildman–Crippen MR) is 477 cm³/mol. The fraction of sp³-hybridized carbons (Fsp3) is 0.308. The number of aromatic nitrogens is 12. The number of unbranched alkanes of at least 4 members (excludes halogenated alkanes) is 9. The highest BCUT2D eigenvalue weighted by Gasteiger charge is 2.24. The van der Waals surface area contributed by atoms with Crippen LogP contribution < -0.4 is 75.1 Å². The Hall–Kier alpha value is -10.4. The highest BCUT2D eigenvalue weighted by Crippen LogP contribution is 2.22. The summed E-state index contributed by atoms with van der Waals surface area (Å²) in [6.45, 7) is 8.85. The molecule has 121 heavy (non-hydrogen) atoms. The summed E-state index contributed by atoms with van der Waals surface area (Å²) in [5.41, 5.74) is 12.7. The van der Waals surface area contributed by atoms with Crippen molar-refractivity contribution in [1.82, 2.24) is 37.8 Å². The third kappa shape index (κ3) is 30.9. The molecule has 0 amide bonds. The van der Waals surface area contributed by atoms with Gasteiger partial charge in [-0.25, -0.2) is 54.9 Å². The number of hydrogen-bond acceptors (Lipinski definition) is 14. The molecule has 0 aliphatic carbocycles. The maximum atomic E-state index is 11.1. The minimum atomic E-state index is -4.27. The van der Waals surface area contributed by atoms with E-state index < -0.39 is 20.2 Å². The van der Waals surface area contributed by atoms with E-state index in [0.717, 1.165) is 104 Å². The Balaban J connectivity index is 0.000000240. The number of nitrogens with one attached hydrogen (secondary N) is 1. The lowest BCUT2D eigenvalue weighted by Crippen LogP contribution is -3.00. The number of imidazole rings is 6. The molecule has 0 radical (unpaired) electrons. The van der Waals surface area contributed by atoms with Crippen LogP contribution in [0, 0.1) is 13.8 Å². The fourth-order valence-electron chi connectivity index (χ4n) is 13.3. The van der Waals surface area contributed by atoms with E-state index in [1.165, 1.54) is 122 Å². The van der Waals surface area contributed by atoms with Gasteiger partial charge in [0, 0.05) is 57.8 Å². The standard InChI is InChI=1S/C26H34N6.C25H31N6.C22H28BrN4.C8H10O3S.C7H8O3S.C3H4N2.BrH.2ClH/c1-28-19-20-31(22-28)17-11-4-5-12-18-32-25-16-10-9-15-24(25)29(2)26(32)21-27-30(3)23-13-7-6-8-14-23;1-28-23-14-8-9-15-24(23)31(18-11-4-3-10-17-30-19-16-26-21-30)25(28)20-27-29(2)22-12-6-5-7-13-22;1-25-20-14-8-9-15-21(20)27(17-11-4-3-10-16-23)22(25)18-24-26(2)19-12-6-5-7-13-19;1-7-3-5-8(6-4-7)12(9,10)11-2;1-6-2-4-7(5-3-6)11(8,9)10;1-2-5-3-4-1;;;/h6-10,13-16,19-22H,4-5,11-12,17-18H2,1-3H3;5-9,12-16,19-21H,3-4,10-11,17-18H2,1-2H3;5-9,12-15,18H,3-4,10-11,16-17H2,1-2H3;3-6H,1-2H3;2-5H,1H3,(H,8,9,10);1-3H,(H,4,5);3*1H/q+2;2*+1;;;;;;/p-4. The summed E-state index contributed by atoms with van der Waals surface area (Å²) in [6.07, 6.45) is 37.7. The maximum Gasteiger partial charge on any atom is 0.302 e. The van der Waals surface area contributed by atoms with Crippen LogP contribution in [0.2, 0.25) is 0 Å². The number of para-hydroxylation sites is 9. The number of anilines is 3. The van der Waals surface area contributed by atoms with Gasteiger partial charge in [0.15, 0.2) is 33.1 Å². The van der Waals surface area contributed by atoms with Crippen LogP contribution in [0.4, 0.5) is 17.1 Å². The van der Waals surface area contributed by atoms with Crippen molar-refractivity contribution in [2.45, 2.75) is 133 Å². The van der Waals surface area contributed by atoms with Crippen LogP contribution in [0.25, 0.3) is 33.1 Å². The molecule has 1 N–H and O–H groups in total. The molecule has 0 saturated carbocycles. The monoisotopic (exact) mass is 1850 g/mol. The molecular weight excluding hydrogens is 1740 g/mol. The van der Waals surface area contributed by atoms with Crippen LogP contribution in [0.15, 0.2) is 294 Å². The Kier molecular flexibility index (Phi) is 42.7. The number of H-pyrrole nitrogens is 1. The molecule has 0 unspecified atom stereocenters. The summed E-state index contributed by atoms with van der Waals surface area (Å²) in [5, 5.41) is 21.0. The van der Waals surface area contributed by atoms with Crippen molar-refractivity contribution in [3.8, 4) is 0 Å². The van der Waals surface area contributed by atoms with Crippen LogP contribution in [0.3, 0.4) is 0 Å². The molecule has 14 rings (SSSR count). The normalized spacial score (nSPS) is 11.1. The predicted octanol–water partition coefficient (Wildman–Crippen LogP) is 6.76. The number of hydrogen-bond donors (Lipinski definition) is 1. The number of hydrazone groups is 3. The molecule has 0 bridgehead atoms. The van der Waals surface area contributed by atoms with Crippen LogP contribution in [0.1, 0.15) is 106 Å². The molecule has 0 spiro atoms. The molecule has 0 saturated heterocycles. The molecule has 8 aromatic carbocycles. The van der Waals surface area contributed by atoms with Gasteiger partial charge < -0.3 is 55.9 Å². The van der Waals surface area contributed by atoms with Crippen molar-refractivity contribution >= 4 is 105 Å². The summed E-state index contributed by atoms with van der Waals surface area (Å²) >= 11 is 3.52. The van der Waals surface area contributed by atoms with E-state index in [4.69, 9.17) is 15.3 Å². The van der Waals surface area contributed by atoms with Crippen molar-refractivity contribution in [3.05, 3.63) is 297 Å². The third-order valence-corrected chi connectivity index (χ3v) is 22.6. The summed E-state index contributed by atoms with van der Waals surface area (Å²) in [6, 6.07) is 68.7. The quantitative estimate of drug-likeness (QED) is 0.00881. The fourth-order valence-corrected chi connectivity index (χ4v) is 14.8. The number of alkyl halides is 1. The van der Waals surface area contributed by atoms with Crippen LogP contribution in [0.5, 0.6) is 0 Å². The number of rotatable bonds is 32. The van der Waals surface area contributed by atoms with Crippen LogP contribution in [-0.4, -0.2) is 111 Å². The Labute approximate surface area is 745 Å². The van der Waals surface area contributed by atoms with Crippen molar-refractivity contribution in [1.29, 1.82) is 0 Å². The van der Waals surface area contributed by atoms with E-state index >= 15 is 0 Å². The summed E-state index contributed by atoms with van der Waals surface area (Å²) in [7, 11) is 7.75. The molecule has 6 aromatic heterocycles. The Morgan fingerprint density at radius 2 is 0.810 bits per heavy atom.